The van der Waals surface area contributed by atoms with E-state index >= 15 is 0 Å². The number of rotatable bonds is 7. The average Bonchev–Trinajstić information content (AvgIpc) is 2.97. The molecule has 0 aromatic heterocycles. The van der Waals surface area contributed by atoms with Gasteiger partial charge < -0.3 is 14.9 Å². The maximum Gasteiger partial charge on any atom is 0.333 e. The van der Waals surface area contributed by atoms with E-state index in [1.165, 1.54) is 42.9 Å². The Kier molecular flexibility index (Phi) is 6.45. The van der Waals surface area contributed by atoms with Crippen LogP contribution in [-0.2, 0) is 9.53 Å². The molecule has 1 aliphatic heterocycles. The minimum Gasteiger partial charge on any atom is -0.429 e. The van der Waals surface area contributed by atoms with Crippen LogP contribution in [0, 0.1) is 22.7 Å². The maximum atomic E-state index is 11.5. The molecule has 0 amide bonds. The zero-order valence-electron chi connectivity index (χ0n) is 18.5. The van der Waals surface area contributed by atoms with E-state index in [0.29, 0.717) is 23.8 Å². The largest absolute Gasteiger partial charge is 0.429 e. The highest BCUT2D eigenvalue weighted by Gasteiger charge is 2.50. The molecule has 4 nitrogen and oxygen atoms in total. The summed E-state index contributed by atoms with van der Waals surface area (Å²) in [5.41, 5.74) is 3.18. The van der Waals surface area contributed by atoms with Crippen molar-refractivity contribution >= 4 is 5.97 Å². The summed E-state index contributed by atoms with van der Waals surface area (Å²) < 4.78 is 4.79. The number of aliphatic hydroxyl groups excluding tert-OH is 2. The lowest BCUT2D eigenvalue weighted by Gasteiger charge is -2.54. The third-order valence-corrected chi connectivity index (χ3v) is 8.08. The zero-order chi connectivity index (χ0) is 21.4. The Labute approximate surface area is 175 Å². The van der Waals surface area contributed by atoms with E-state index < -0.39 is 18.4 Å². The predicted octanol–water partition coefficient (Wildman–Crippen LogP) is 5.06. The van der Waals surface area contributed by atoms with E-state index in [1.54, 1.807) is 0 Å². The van der Waals surface area contributed by atoms with Crippen LogP contribution in [0.2, 0.25) is 0 Å². The van der Waals surface area contributed by atoms with Gasteiger partial charge in [-0.1, -0.05) is 38.0 Å². The van der Waals surface area contributed by atoms with E-state index in [0.717, 1.165) is 19.3 Å². The third kappa shape index (κ3) is 4.39. The Hall–Kier alpha value is -1.39. The topological polar surface area (TPSA) is 66.8 Å². The van der Waals surface area contributed by atoms with Gasteiger partial charge in [0.25, 0.3) is 0 Å². The lowest BCUT2D eigenvalue weighted by Crippen LogP contribution is -2.45. The van der Waals surface area contributed by atoms with Crippen molar-refractivity contribution in [3.63, 3.8) is 0 Å². The minimum absolute atomic E-state index is 0.148. The molecular weight excluding hydrogens is 364 g/mol. The second kappa shape index (κ2) is 8.39. The van der Waals surface area contributed by atoms with Crippen molar-refractivity contribution in [1.29, 1.82) is 0 Å². The molecule has 1 saturated carbocycles. The van der Waals surface area contributed by atoms with Crippen LogP contribution in [0.3, 0.4) is 0 Å². The number of hydrogen-bond donors (Lipinski definition) is 2. The first-order valence-corrected chi connectivity index (χ1v) is 11.2. The van der Waals surface area contributed by atoms with Crippen molar-refractivity contribution in [3.8, 4) is 0 Å². The second-order valence-corrected chi connectivity index (χ2v) is 10.3. The van der Waals surface area contributed by atoms with Gasteiger partial charge in [0.05, 0.1) is 6.10 Å². The van der Waals surface area contributed by atoms with Crippen molar-refractivity contribution in [2.45, 2.75) is 91.5 Å². The highest BCUT2D eigenvalue weighted by atomic mass is 16.6. The van der Waals surface area contributed by atoms with E-state index in [9.17, 15) is 15.0 Å². The highest BCUT2D eigenvalue weighted by Crippen LogP contribution is 2.59. The number of carbonyl (C=O) groups excluding carboxylic acids is 1. The third-order valence-electron chi connectivity index (χ3n) is 8.08. The van der Waals surface area contributed by atoms with Crippen molar-refractivity contribution in [2.24, 2.45) is 22.7 Å². The van der Waals surface area contributed by atoms with Gasteiger partial charge in [-0.25, -0.2) is 4.79 Å². The molecule has 0 aromatic carbocycles. The molecule has 1 heterocycles. The molecule has 0 spiro atoms. The second-order valence-electron chi connectivity index (χ2n) is 10.3. The molecule has 0 bridgehead atoms. The number of allylic oxidation sites excluding steroid dienone is 3. The molecule has 0 aromatic rings. The number of hydrogen-bond acceptors (Lipinski definition) is 4. The summed E-state index contributed by atoms with van der Waals surface area (Å²) >= 11 is 0. The summed E-state index contributed by atoms with van der Waals surface area (Å²) in [6, 6.07) is 0. The zero-order valence-corrected chi connectivity index (χ0v) is 18.5. The SMILES string of the molecule is C=C(C)CCC[C@@]1(C)CCC=C2[C@@H]1CC[C@@H](C)[C@]2(C)C[C@@H](O)C1=CC(=O)OC1O. The van der Waals surface area contributed by atoms with Gasteiger partial charge in [-0.3, -0.25) is 0 Å². The molecule has 29 heavy (non-hydrogen) atoms. The van der Waals surface area contributed by atoms with Gasteiger partial charge in [0.15, 0.2) is 0 Å². The molecular formula is C25H38O4. The number of aliphatic hydroxyl groups is 2. The van der Waals surface area contributed by atoms with Crippen LogP contribution in [-0.4, -0.2) is 28.6 Å². The smallest absolute Gasteiger partial charge is 0.333 e. The molecule has 3 aliphatic rings. The Morgan fingerprint density at radius 2 is 2.10 bits per heavy atom. The first-order valence-electron chi connectivity index (χ1n) is 11.2. The van der Waals surface area contributed by atoms with E-state index in [4.69, 9.17) is 4.74 Å². The number of esters is 1. The fourth-order valence-corrected chi connectivity index (χ4v) is 6.02. The molecule has 6 atom stereocenters. The summed E-state index contributed by atoms with van der Waals surface area (Å²) in [6.45, 7) is 13.2. The molecule has 162 valence electrons. The van der Waals surface area contributed by atoms with Gasteiger partial charge in [-0.05, 0) is 81.0 Å². The van der Waals surface area contributed by atoms with Crippen molar-refractivity contribution in [3.05, 3.63) is 35.5 Å². The van der Waals surface area contributed by atoms with Gasteiger partial charge in [0.2, 0.25) is 6.29 Å². The summed E-state index contributed by atoms with van der Waals surface area (Å²) in [5, 5.41) is 20.9. The molecule has 0 saturated heterocycles. The summed E-state index contributed by atoms with van der Waals surface area (Å²) in [7, 11) is 0. The Bertz CT molecular complexity index is 720. The lowest BCUT2D eigenvalue weighted by molar-refractivity contribution is -0.152. The summed E-state index contributed by atoms with van der Waals surface area (Å²) in [4.78, 5) is 11.5. The quantitative estimate of drug-likeness (QED) is 0.461. The summed E-state index contributed by atoms with van der Waals surface area (Å²) in [6.07, 6.45) is 10.1. The van der Waals surface area contributed by atoms with Gasteiger partial charge in [-0.2, -0.15) is 0 Å². The van der Waals surface area contributed by atoms with Gasteiger partial charge >= 0.3 is 5.97 Å². The van der Waals surface area contributed by atoms with E-state index in [2.05, 4.69) is 40.3 Å². The number of ether oxygens (including phenoxy) is 1. The van der Waals surface area contributed by atoms with Crippen LogP contribution in [0.5, 0.6) is 0 Å². The van der Waals surface area contributed by atoms with Gasteiger partial charge in [0.1, 0.15) is 0 Å². The Balaban J connectivity index is 1.81. The standard InChI is InChI=1S/C25H38O4/c1-16(2)8-6-12-24(4)13-7-9-20-19(24)11-10-17(3)25(20,5)15-21(26)18-14-22(27)29-23(18)28/h9,14,17,19,21,23,26,28H,1,6-8,10-13,15H2,2-5H3/t17-,19+,21-,23?,24+,25+/m1/s1. The van der Waals surface area contributed by atoms with Crippen molar-refractivity contribution in [2.75, 3.05) is 0 Å². The Morgan fingerprint density at radius 3 is 2.72 bits per heavy atom. The van der Waals surface area contributed by atoms with Crippen molar-refractivity contribution in [1.82, 2.24) is 0 Å². The monoisotopic (exact) mass is 402 g/mol. The molecule has 1 unspecified atom stereocenters. The average molecular weight is 403 g/mol. The van der Waals surface area contributed by atoms with Crippen LogP contribution in [0.15, 0.2) is 35.5 Å². The highest BCUT2D eigenvalue weighted by molar-refractivity contribution is 5.85. The van der Waals surface area contributed by atoms with Crippen LogP contribution in [0.25, 0.3) is 0 Å². The van der Waals surface area contributed by atoms with Gasteiger partial charge in [0, 0.05) is 11.6 Å². The van der Waals surface area contributed by atoms with Crippen LogP contribution >= 0.6 is 0 Å². The van der Waals surface area contributed by atoms with E-state index in [-0.39, 0.29) is 10.8 Å². The summed E-state index contributed by atoms with van der Waals surface area (Å²) in [5.74, 6) is 0.400. The molecule has 2 aliphatic carbocycles. The molecule has 2 N–H and O–H groups in total. The van der Waals surface area contributed by atoms with Crippen LogP contribution < -0.4 is 0 Å². The van der Waals surface area contributed by atoms with Gasteiger partial charge in [-0.15, -0.1) is 6.58 Å². The number of carbonyl (C=O) groups is 1. The van der Waals surface area contributed by atoms with Crippen LogP contribution in [0.4, 0.5) is 0 Å². The predicted molar refractivity (Wildman–Crippen MR) is 115 cm³/mol. The lowest BCUT2D eigenvalue weighted by atomic mass is 9.50. The van der Waals surface area contributed by atoms with Crippen LogP contribution in [0.1, 0.15) is 79.1 Å². The number of fused-ring (bicyclic) bond motifs is 1. The first-order chi connectivity index (χ1) is 13.6. The minimum atomic E-state index is -1.32. The van der Waals surface area contributed by atoms with E-state index in [1.807, 2.05) is 0 Å². The fraction of sp³-hybridized carbons (Fsp3) is 0.720. The molecule has 1 fully saturated rings. The Morgan fingerprint density at radius 1 is 1.38 bits per heavy atom. The number of cyclic esters (lactones) is 1. The normalized spacial score (nSPS) is 38.0. The maximum absolute atomic E-state index is 11.5. The van der Waals surface area contributed by atoms with Crippen molar-refractivity contribution < 1.29 is 19.7 Å². The molecule has 4 heteroatoms. The molecule has 3 rings (SSSR count). The first kappa shape index (κ1) is 22.3. The molecule has 0 radical (unpaired) electrons. The fourth-order valence-electron chi connectivity index (χ4n) is 6.02.